The maximum absolute atomic E-state index is 11.3. The SMILES string of the molecule is CCOC(=O)CCNC1c2ccccc2OC1(C)C. The third kappa shape index (κ3) is 3.07. The highest BCUT2D eigenvalue weighted by Crippen LogP contribution is 2.42. The third-order valence-corrected chi connectivity index (χ3v) is 3.28. The minimum Gasteiger partial charge on any atom is -0.486 e. The first-order valence-corrected chi connectivity index (χ1v) is 6.71. The lowest BCUT2D eigenvalue weighted by Gasteiger charge is -2.27. The van der Waals surface area contributed by atoms with Gasteiger partial charge in [-0.25, -0.2) is 0 Å². The van der Waals surface area contributed by atoms with E-state index in [1.165, 1.54) is 0 Å². The zero-order valence-corrected chi connectivity index (χ0v) is 11.7. The first-order chi connectivity index (χ1) is 9.04. The molecule has 1 aliphatic rings. The molecule has 4 nitrogen and oxygen atoms in total. The van der Waals surface area contributed by atoms with Crippen LogP contribution in [0.25, 0.3) is 0 Å². The fourth-order valence-electron chi connectivity index (χ4n) is 2.44. The highest BCUT2D eigenvalue weighted by Gasteiger charge is 2.40. The van der Waals surface area contributed by atoms with E-state index in [-0.39, 0.29) is 17.6 Å². The van der Waals surface area contributed by atoms with Gasteiger partial charge in [-0.3, -0.25) is 4.79 Å². The normalized spacial score (nSPS) is 19.6. The minimum absolute atomic E-state index is 0.0955. The number of hydrogen-bond acceptors (Lipinski definition) is 4. The largest absolute Gasteiger partial charge is 0.486 e. The number of rotatable bonds is 5. The van der Waals surface area contributed by atoms with Crippen LogP contribution >= 0.6 is 0 Å². The lowest BCUT2D eigenvalue weighted by Crippen LogP contribution is -2.39. The van der Waals surface area contributed by atoms with Crippen molar-refractivity contribution in [1.82, 2.24) is 5.32 Å². The standard InChI is InChI=1S/C15H21NO3/c1-4-18-13(17)9-10-16-14-11-7-5-6-8-12(11)19-15(14,2)3/h5-8,14,16H,4,9-10H2,1-3H3. The Bertz CT molecular complexity index is 456. The Hall–Kier alpha value is -1.55. The van der Waals surface area contributed by atoms with E-state index in [1.54, 1.807) is 0 Å². The van der Waals surface area contributed by atoms with Gasteiger partial charge in [-0.1, -0.05) is 18.2 Å². The van der Waals surface area contributed by atoms with E-state index >= 15 is 0 Å². The van der Waals surface area contributed by atoms with Crippen LogP contribution in [0.1, 0.15) is 38.8 Å². The van der Waals surface area contributed by atoms with Crippen LogP contribution in [0.2, 0.25) is 0 Å². The quantitative estimate of drug-likeness (QED) is 0.829. The Labute approximate surface area is 114 Å². The van der Waals surface area contributed by atoms with Crippen molar-refractivity contribution in [2.24, 2.45) is 0 Å². The predicted molar refractivity (Wildman–Crippen MR) is 73.1 cm³/mol. The molecule has 1 aliphatic heterocycles. The summed E-state index contributed by atoms with van der Waals surface area (Å²) in [5.74, 6) is 0.751. The summed E-state index contributed by atoms with van der Waals surface area (Å²) in [6.45, 7) is 6.93. The van der Waals surface area contributed by atoms with Gasteiger partial charge in [-0.15, -0.1) is 0 Å². The molecule has 0 amide bonds. The molecule has 0 spiro atoms. The Morgan fingerprint density at radius 3 is 2.89 bits per heavy atom. The van der Waals surface area contributed by atoms with Crippen molar-refractivity contribution in [2.45, 2.75) is 38.8 Å². The fraction of sp³-hybridized carbons (Fsp3) is 0.533. The molecule has 1 unspecified atom stereocenters. The zero-order valence-electron chi connectivity index (χ0n) is 11.7. The zero-order chi connectivity index (χ0) is 13.9. The first-order valence-electron chi connectivity index (χ1n) is 6.71. The molecule has 104 valence electrons. The molecule has 2 rings (SSSR count). The second-order valence-electron chi connectivity index (χ2n) is 5.19. The van der Waals surface area contributed by atoms with E-state index in [9.17, 15) is 4.79 Å². The maximum Gasteiger partial charge on any atom is 0.307 e. The van der Waals surface area contributed by atoms with Gasteiger partial charge < -0.3 is 14.8 Å². The Morgan fingerprint density at radius 2 is 2.16 bits per heavy atom. The van der Waals surface area contributed by atoms with Gasteiger partial charge in [0, 0.05) is 12.1 Å². The van der Waals surface area contributed by atoms with Crippen LogP contribution in [0.15, 0.2) is 24.3 Å². The van der Waals surface area contributed by atoms with Crippen molar-refractivity contribution in [3.63, 3.8) is 0 Å². The molecule has 0 fully saturated rings. The number of esters is 1. The highest BCUT2D eigenvalue weighted by molar-refractivity contribution is 5.69. The molecule has 0 aromatic heterocycles. The number of carbonyl (C=O) groups excluding carboxylic acids is 1. The molecule has 1 N–H and O–H groups in total. The van der Waals surface area contributed by atoms with Crippen LogP contribution < -0.4 is 10.1 Å². The third-order valence-electron chi connectivity index (χ3n) is 3.28. The first kappa shape index (κ1) is 13.9. The van der Waals surface area contributed by atoms with Gasteiger partial charge in [-0.2, -0.15) is 0 Å². The van der Waals surface area contributed by atoms with Crippen LogP contribution in [0.5, 0.6) is 5.75 Å². The van der Waals surface area contributed by atoms with E-state index in [2.05, 4.69) is 25.2 Å². The molecule has 1 heterocycles. The summed E-state index contributed by atoms with van der Waals surface area (Å²) < 4.78 is 10.9. The summed E-state index contributed by atoms with van der Waals surface area (Å²) in [4.78, 5) is 11.3. The average Bonchev–Trinajstić information content (AvgIpc) is 2.60. The molecule has 19 heavy (non-hydrogen) atoms. The Kier molecular flexibility index (Phi) is 4.10. The summed E-state index contributed by atoms with van der Waals surface area (Å²) in [5, 5.41) is 3.39. The number of fused-ring (bicyclic) bond motifs is 1. The van der Waals surface area contributed by atoms with Crippen molar-refractivity contribution >= 4 is 5.97 Å². The monoisotopic (exact) mass is 263 g/mol. The summed E-state index contributed by atoms with van der Waals surface area (Å²) in [6.07, 6.45) is 0.378. The molecule has 0 saturated heterocycles. The minimum atomic E-state index is -0.307. The van der Waals surface area contributed by atoms with Crippen molar-refractivity contribution in [3.05, 3.63) is 29.8 Å². The van der Waals surface area contributed by atoms with E-state index in [0.29, 0.717) is 19.6 Å². The van der Waals surface area contributed by atoms with Gasteiger partial charge in [0.2, 0.25) is 0 Å². The average molecular weight is 263 g/mol. The van der Waals surface area contributed by atoms with Gasteiger partial charge in [-0.05, 0) is 26.8 Å². The van der Waals surface area contributed by atoms with Crippen LogP contribution in [-0.2, 0) is 9.53 Å². The summed E-state index contributed by atoms with van der Waals surface area (Å²) in [7, 11) is 0. The Balaban J connectivity index is 1.97. The molecule has 0 bridgehead atoms. The molecule has 4 heteroatoms. The molecule has 1 atom stereocenters. The summed E-state index contributed by atoms with van der Waals surface area (Å²) >= 11 is 0. The second-order valence-corrected chi connectivity index (χ2v) is 5.19. The van der Waals surface area contributed by atoms with Crippen LogP contribution in [0.3, 0.4) is 0 Å². The number of hydrogen-bond donors (Lipinski definition) is 1. The topological polar surface area (TPSA) is 47.6 Å². The van der Waals surface area contributed by atoms with Gasteiger partial charge in [0.25, 0.3) is 0 Å². The van der Waals surface area contributed by atoms with E-state index in [0.717, 1.165) is 11.3 Å². The Morgan fingerprint density at radius 1 is 1.42 bits per heavy atom. The van der Waals surface area contributed by atoms with Gasteiger partial charge in [0.05, 0.1) is 19.1 Å². The molecule has 0 radical (unpaired) electrons. The van der Waals surface area contributed by atoms with Gasteiger partial charge >= 0.3 is 5.97 Å². The van der Waals surface area contributed by atoms with Gasteiger partial charge in [0.15, 0.2) is 0 Å². The maximum atomic E-state index is 11.3. The van der Waals surface area contributed by atoms with Crippen molar-refractivity contribution in [3.8, 4) is 5.75 Å². The lowest BCUT2D eigenvalue weighted by molar-refractivity contribution is -0.143. The number of benzene rings is 1. The molecule has 1 aromatic carbocycles. The van der Waals surface area contributed by atoms with Gasteiger partial charge in [0.1, 0.15) is 11.4 Å². The highest BCUT2D eigenvalue weighted by atomic mass is 16.5. The lowest BCUT2D eigenvalue weighted by atomic mass is 9.94. The predicted octanol–water partition coefficient (Wildman–Crippen LogP) is 2.44. The molecule has 0 aliphatic carbocycles. The fourth-order valence-corrected chi connectivity index (χ4v) is 2.44. The van der Waals surface area contributed by atoms with Crippen LogP contribution in [0, 0.1) is 0 Å². The number of carbonyl (C=O) groups is 1. The summed E-state index contributed by atoms with van der Waals surface area (Å²) in [6, 6.07) is 8.11. The van der Waals surface area contributed by atoms with Crippen LogP contribution in [0.4, 0.5) is 0 Å². The summed E-state index contributed by atoms with van der Waals surface area (Å²) in [5.41, 5.74) is 0.842. The molecule has 1 aromatic rings. The smallest absolute Gasteiger partial charge is 0.307 e. The number of nitrogens with one attached hydrogen (secondary N) is 1. The van der Waals surface area contributed by atoms with Crippen molar-refractivity contribution in [1.29, 1.82) is 0 Å². The van der Waals surface area contributed by atoms with Crippen molar-refractivity contribution in [2.75, 3.05) is 13.2 Å². The number of para-hydroxylation sites is 1. The number of ether oxygens (including phenoxy) is 2. The van der Waals surface area contributed by atoms with E-state index in [4.69, 9.17) is 9.47 Å². The second kappa shape index (κ2) is 5.61. The molecule has 0 saturated carbocycles. The van der Waals surface area contributed by atoms with Crippen LogP contribution in [-0.4, -0.2) is 24.7 Å². The van der Waals surface area contributed by atoms with Crippen molar-refractivity contribution < 1.29 is 14.3 Å². The molecular formula is C15H21NO3. The van der Waals surface area contributed by atoms with E-state index in [1.807, 2.05) is 25.1 Å². The molecular weight excluding hydrogens is 242 g/mol. The van der Waals surface area contributed by atoms with E-state index < -0.39 is 0 Å².